The van der Waals surface area contributed by atoms with Crippen LogP contribution in [0.4, 0.5) is 0 Å². The molecule has 22 heavy (non-hydrogen) atoms. The highest BCUT2D eigenvalue weighted by Crippen LogP contribution is 2.27. The Morgan fingerprint density at radius 1 is 1.27 bits per heavy atom. The number of likely N-dealkylation sites (N-methyl/N-ethyl adjacent to an activating group) is 1. The Kier molecular flexibility index (Phi) is 7.42. The fourth-order valence-corrected chi connectivity index (χ4v) is 2.34. The molecule has 0 fully saturated rings. The normalized spacial score (nSPS) is 10.5. The Labute approximate surface area is 138 Å². The summed E-state index contributed by atoms with van der Waals surface area (Å²) in [6.07, 6.45) is 3.20. The van der Waals surface area contributed by atoms with Crippen LogP contribution in [0.3, 0.4) is 0 Å². The summed E-state index contributed by atoms with van der Waals surface area (Å²) in [4.78, 5) is 13.2. The standard InChI is InChI=1S/C17H24N2O2.ClH/c1-4-5-9-16-14(11-18-12-17(20)19(2)3)13-8-6-7-10-15(13)21-16;/h6-8,10,18H,4-5,9,11-12H2,1-3H3;1H. The number of fused-ring (bicyclic) bond motifs is 1. The maximum absolute atomic E-state index is 11.6. The molecule has 1 aromatic carbocycles. The summed E-state index contributed by atoms with van der Waals surface area (Å²) in [5, 5.41) is 4.37. The number of rotatable bonds is 7. The van der Waals surface area contributed by atoms with Crippen molar-refractivity contribution < 1.29 is 9.21 Å². The summed E-state index contributed by atoms with van der Waals surface area (Å²) in [6.45, 7) is 3.19. The van der Waals surface area contributed by atoms with Crippen LogP contribution in [0.15, 0.2) is 28.7 Å². The van der Waals surface area contributed by atoms with Crippen molar-refractivity contribution in [2.24, 2.45) is 0 Å². The van der Waals surface area contributed by atoms with E-state index in [0.29, 0.717) is 13.1 Å². The number of hydrogen-bond donors (Lipinski definition) is 1. The second kappa shape index (κ2) is 8.81. The molecule has 0 atom stereocenters. The van der Waals surface area contributed by atoms with E-state index in [9.17, 15) is 4.79 Å². The molecule has 0 spiro atoms. The van der Waals surface area contributed by atoms with Crippen LogP contribution in [0.2, 0.25) is 0 Å². The second-order valence-corrected chi connectivity index (χ2v) is 5.50. The third-order valence-electron chi connectivity index (χ3n) is 3.62. The van der Waals surface area contributed by atoms with E-state index in [0.717, 1.165) is 36.0 Å². The summed E-state index contributed by atoms with van der Waals surface area (Å²) in [6, 6.07) is 8.09. The number of aryl methyl sites for hydroxylation is 1. The average Bonchev–Trinajstić information content (AvgIpc) is 2.83. The summed E-state index contributed by atoms with van der Waals surface area (Å²) >= 11 is 0. The summed E-state index contributed by atoms with van der Waals surface area (Å²) in [5.74, 6) is 1.13. The molecule has 1 aromatic heterocycles. The lowest BCUT2D eigenvalue weighted by molar-refractivity contribution is -0.127. The molecular weight excluding hydrogens is 300 g/mol. The molecular formula is C17H25ClN2O2. The molecule has 2 rings (SSSR count). The SMILES string of the molecule is CCCCc1oc2ccccc2c1CNCC(=O)N(C)C.Cl. The Morgan fingerprint density at radius 2 is 2.00 bits per heavy atom. The average molecular weight is 325 g/mol. The number of carbonyl (C=O) groups is 1. The minimum absolute atomic E-state index is 0. The number of furan rings is 1. The summed E-state index contributed by atoms with van der Waals surface area (Å²) < 4.78 is 5.97. The molecule has 0 aliphatic heterocycles. The highest BCUT2D eigenvalue weighted by molar-refractivity contribution is 5.85. The topological polar surface area (TPSA) is 45.5 Å². The fraction of sp³-hybridized carbons (Fsp3) is 0.471. The van der Waals surface area contributed by atoms with Gasteiger partial charge in [-0.15, -0.1) is 12.4 Å². The predicted octanol–water partition coefficient (Wildman–Crippen LogP) is 3.38. The van der Waals surface area contributed by atoms with Crippen LogP contribution in [-0.4, -0.2) is 31.4 Å². The first-order valence-electron chi connectivity index (χ1n) is 7.53. The van der Waals surface area contributed by atoms with Gasteiger partial charge in [0.15, 0.2) is 0 Å². The molecule has 1 amide bonds. The Morgan fingerprint density at radius 3 is 2.68 bits per heavy atom. The molecule has 1 heterocycles. The van der Waals surface area contributed by atoms with Crippen molar-refractivity contribution in [1.82, 2.24) is 10.2 Å². The molecule has 0 bridgehead atoms. The quantitative estimate of drug-likeness (QED) is 0.849. The van der Waals surface area contributed by atoms with Gasteiger partial charge in [-0.25, -0.2) is 0 Å². The van der Waals surface area contributed by atoms with Crippen molar-refractivity contribution in [3.63, 3.8) is 0 Å². The largest absolute Gasteiger partial charge is 0.461 e. The molecule has 0 aliphatic carbocycles. The summed E-state index contributed by atoms with van der Waals surface area (Å²) in [7, 11) is 3.54. The highest BCUT2D eigenvalue weighted by Gasteiger charge is 2.13. The van der Waals surface area contributed by atoms with E-state index >= 15 is 0 Å². The van der Waals surface area contributed by atoms with Gasteiger partial charge >= 0.3 is 0 Å². The van der Waals surface area contributed by atoms with Crippen molar-refractivity contribution in [3.05, 3.63) is 35.6 Å². The molecule has 5 heteroatoms. The van der Waals surface area contributed by atoms with Gasteiger partial charge in [0.2, 0.25) is 5.91 Å². The van der Waals surface area contributed by atoms with Gasteiger partial charge in [0.1, 0.15) is 11.3 Å². The zero-order valence-corrected chi connectivity index (χ0v) is 14.3. The fourth-order valence-electron chi connectivity index (χ4n) is 2.34. The molecule has 4 nitrogen and oxygen atoms in total. The van der Waals surface area contributed by atoms with E-state index < -0.39 is 0 Å². The Bertz CT molecular complexity index is 608. The predicted molar refractivity (Wildman–Crippen MR) is 92.5 cm³/mol. The number of halogens is 1. The van der Waals surface area contributed by atoms with Crippen LogP contribution in [-0.2, 0) is 17.8 Å². The molecule has 0 aliphatic rings. The number of hydrogen-bond acceptors (Lipinski definition) is 3. The maximum atomic E-state index is 11.6. The van der Waals surface area contributed by atoms with Gasteiger partial charge in [-0.05, 0) is 12.5 Å². The lowest BCUT2D eigenvalue weighted by Crippen LogP contribution is -2.32. The third kappa shape index (κ3) is 4.49. The summed E-state index contributed by atoms with van der Waals surface area (Å²) in [5.41, 5.74) is 2.12. The van der Waals surface area contributed by atoms with Crippen LogP contribution in [0.1, 0.15) is 31.1 Å². The van der Waals surface area contributed by atoms with Crippen LogP contribution in [0, 0.1) is 0 Å². The number of carbonyl (C=O) groups excluding carboxylic acids is 1. The molecule has 0 saturated heterocycles. The lowest BCUT2D eigenvalue weighted by Gasteiger charge is -2.11. The van der Waals surface area contributed by atoms with Gasteiger partial charge < -0.3 is 14.6 Å². The monoisotopic (exact) mass is 324 g/mol. The molecule has 0 radical (unpaired) electrons. The number of benzene rings is 1. The van der Waals surface area contributed by atoms with E-state index in [1.807, 2.05) is 18.2 Å². The van der Waals surface area contributed by atoms with E-state index in [1.165, 1.54) is 5.56 Å². The van der Waals surface area contributed by atoms with E-state index in [-0.39, 0.29) is 18.3 Å². The number of nitrogens with zero attached hydrogens (tertiary/aromatic N) is 1. The first-order chi connectivity index (χ1) is 10.1. The smallest absolute Gasteiger partial charge is 0.236 e. The van der Waals surface area contributed by atoms with Gasteiger partial charge in [-0.1, -0.05) is 31.5 Å². The first kappa shape index (κ1) is 18.5. The van der Waals surface area contributed by atoms with Crippen molar-refractivity contribution in [1.29, 1.82) is 0 Å². The van der Waals surface area contributed by atoms with Crippen molar-refractivity contribution in [2.45, 2.75) is 32.7 Å². The Balaban J connectivity index is 0.00000242. The van der Waals surface area contributed by atoms with Gasteiger partial charge in [-0.2, -0.15) is 0 Å². The molecule has 1 N–H and O–H groups in total. The van der Waals surface area contributed by atoms with Gasteiger partial charge in [0.05, 0.1) is 6.54 Å². The van der Waals surface area contributed by atoms with E-state index in [1.54, 1.807) is 19.0 Å². The third-order valence-corrected chi connectivity index (χ3v) is 3.62. The highest BCUT2D eigenvalue weighted by atomic mass is 35.5. The van der Waals surface area contributed by atoms with E-state index in [2.05, 4.69) is 18.3 Å². The zero-order valence-electron chi connectivity index (χ0n) is 13.5. The van der Waals surface area contributed by atoms with Gasteiger partial charge in [0, 0.05) is 38.0 Å². The molecule has 2 aromatic rings. The minimum atomic E-state index is 0. The number of nitrogens with one attached hydrogen (secondary N) is 1. The second-order valence-electron chi connectivity index (χ2n) is 5.50. The van der Waals surface area contributed by atoms with Crippen LogP contribution < -0.4 is 5.32 Å². The van der Waals surface area contributed by atoms with Gasteiger partial charge in [-0.3, -0.25) is 4.79 Å². The minimum Gasteiger partial charge on any atom is -0.461 e. The van der Waals surface area contributed by atoms with E-state index in [4.69, 9.17) is 4.42 Å². The molecule has 0 unspecified atom stereocenters. The van der Waals surface area contributed by atoms with Crippen LogP contribution in [0.5, 0.6) is 0 Å². The van der Waals surface area contributed by atoms with Crippen LogP contribution >= 0.6 is 12.4 Å². The maximum Gasteiger partial charge on any atom is 0.236 e. The van der Waals surface area contributed by atoms with Crippen molar-refractivity contribution >= 4 is 29.3 Å². The lowest BCUT2D eigenvalue weighted by atomic mass is 10.1. The molecule has 122 valence electrons. The number of unbranched alkanes of at least 4 members (excludes halogenated alkanes) is 1. The van der Waals surface area contributed by atoms with Crippen molar-refractivity contribution in [2.75, 3.05) is 20.6 Å². The zero-order chi connectivity index (χ0) is 15.2. The Hall–Kier alpha value is -1.52. The number of amides is 1. The number of para-hydroxylation sites is 1. The first-order valence-corrected chi connectivity index (χ1v) is 7.53. The van der Waals surface area contributed by atoms with Gasteiger partial charge in [0.25, 0.3) is 0 Å². The molecule has 0 saturated carbocycles. The van der Waals surface area contributed by atoms with Crippen LogP contribution in [0.25, 0.3) is 11.0 Å². The van der Waals surface area contributed by atoms with Crippen molar-refractivity contribution in [3.8, 4) is 0 Å².